The van der Waals surface area contributed by atoms with Crippen LogP contribution in [0.25, 0.3) is 22.3 Å². The summed E-state index contributed by atoms with van der Waals surface area (Å²) in [6.07, 6.45) is 4.98. The SMILES string of the molecule is FC(F)(F)C1=CN=C(N[C@H]2CCCNC2)NC1(c1c[nH]cc1-c1ccccc1)c1c[nH]cc1-c1ccccc1. The minimum atomic E-state index is -4.68. The van der Waals surface area contributed by atoms with Crippen molar-refractivity contribution in [2.24, 2.45) is 4.99 Å². The summed E-state index contributed by atoms with van der Waals surface area (Å²) in [5, 5.41) is 9.99. The number of halogens is 3. The van der Waals surface area contributed by atoms with Gasteiger partial charge in [0.15, 0.2) is 5.96 Å². The van der Waals surface area contributed by atoms with Crippen LogP contribution in [0, 0.1) is 0 Å². The largest absolute Gasteiger partial charge is 0.417 e. The normalized spacial score (nSPS) is 19.1. The molecule has 1 fully saturated rings. The number of benzene rings is 2. The zero-order valence-electron chi connectivity index (χ0n) is 21.1. The first-order valence-electron chi connectivity index (χ1n) is 13.0. The summed E-state index contributed by atoms with van der Waals surface area (Å²) in [7, 11) is 0. The maximum atomic E-state index is 15.0. The average Bonchev–Trinajstić information content (AvgIpc) is 3.65. The molecule has 5 N–H and O–H groups in total. The highest BCUT2D eigenvalue weighted by atomic mass is 19.4. The summed E-state index contributed by atoms with van der Waals surface area (Å²) in [5.41, 5.74) is 1.24. The molecule has 1 atom stereocenters. The van der Waals surface area contributed by atoms with E-state index in [-0.39, 0.29) is 6.04 Å². The molecule has 0 amide bonds. The Hall–Kier alpha value is -4.24. The van der Waals surface area contributed by atoms with Gasteiger partial charge in [-0.05, 0) is 30.5 Å². The van der Waals surface area contributed by atoms with Crippen LogP contribution in [0.2, 0.25) is 0 Å². The fraction of sp³-hybridized carbons (Fsp3) is 0.233. The van der Waals surface area contributed by atoms with E-state index < -0.39 is 17.3 Å². The molecular formula is C30H29F3N6. The molecule has 0 saturated carbocycles. The van der Waals surface area contributed by atoms with E-state index in [4.69, 9.17) is 0 Å². The predicted octanol–water partition coefficient (Wildman–Crippen LogP) is 5.67. The van der Waals surface area contributed by atoms with Crippen LogP contribution in [0.1, 0.15) is 24.0 Å². The molecule has 4 aromatic rings. The van der Waals surface area contributed by atoms with Crippen molar-refractivity contribution in [1.29, 1.82) is 0 Å². The Kier molecular flexibility index (Phi) is 6.52. The van der Waals surface area contributed by atoms with Gasteiger partial charge in [-0.3, -0.25) is 0 Å². The maximum absolute atomic E-state index is 15.0. The van der Waals surface area contributed by atoms with Crippen LogP contribution in [-0.2, 0) is 5.54 Å². The topological polar surface area (TPSA) is 80.0 Å². The van der Waals surface area contributed by atoms with Crippen molar-refractivity contribution >= 4 is 5.96 Å². The molecule has 0 bridgehead atoms. The number of nitrogens with one attached hydrogen (secondary N) is 5. The number of alkyl halides is 3. The lowest BCUT2D eigenvalue weighted by Crippen LogP contribution is -2.59. The Morgan fingerprint density at radius 3 is 1.92 bits per heavy atom. The van der Waals surface area contributed by atoms with Crippen molar-refractivity contribution in [2.75, 3.05) is 13.1 Å². The standard InChI is InChI=1S/C30H29F3N6/c31-30(32,33)27-19-37-28(38-22-12-7-13-34-14-22)39-29(27,25-17-35-15-23(25)20-8-3-1-4-9-20)26-18-36-16-24(26)21-10-5-2-6-11-21/h1-6,8-11,15-19,22,34-36H,7,12-14H2,(H2,37,38,39)/t22-/m0/s1. The smallest absolute Gasteiger partial charge is 0.367 e. The minimum absolute atomic E-state index is 0.0446. The van der Waals surface area contributed by atoms with Crippen LogP contribution in [0.4, 0.5) is 13.2 Å². The molecule has 1 saturated heterocycles. The molecule has 0 radical (unpaired) electrons. The Morgan fingerprint density at radius 2 is 1.41 bits per heavy atom. The molecule has 0 unspecified atom stereocenters. The molecule has 0 aliphatic carbocycles. The molecule has 6 rings (SSSR count). The number of aliphatic imine (C=N–C) groups is 1. The van der Waals surface area contributed by atoms with E-state index in [0.29, 0.717) is 34.8 Å². The van der Waals surface area contributed by atoms with Gasteiger partial charge in [-0.25, -0.2) is 4.99 Å². The highest BCUT2D eigenvalue weighted by Crippen LogP contribution is 2.50. The molecule has 2 aliphatic rings. The predicted molar refractivity (Wildman–Crippen MR) is 147 cm³/mol. The number of rotatable bonds is 5. The monoisotopic (exact) mass is 530 g/mol. The fourth-order valence-corrected chi connectivity index (χ4v) is 5.66. The molecule has 4 heterocycles. The number of hydrogen-bond acceptors (Lipinski definition) is 4. The first kappa shape index (κ1) is 25.1. The van der Waals surface area contributed by atoms with Gasteiger partial charge in [0.05, 0.1) is 5.57 Å². The van der Waals surface area contributed by atoms with Crippen molar-refractivity contribution in [1.82, 2.24) is 25.9 Å². The highest BCUT2D eigenvalue weighted by Gasteiger charge is 2.55. The second-order valence-electron chi connectivity index (χ2n) is 9.88. The van der Waals surface area contributed by atoms with E-state index in [2.05, 4.69) is 30.9 Å². The molecule has 0 spiro atoms. The van der Waals surface area contributed by atoms with E-state index in [1.807, 2.05) is 60.7 Å². The van der Waals surface area contributed by atoms with E-state index >= 15 is 13.2 Å². The molecule has 6 nitrogen and oxygen atoms in total. The number of hydrogen-bond donors (Lipinski definition) is 5. The number of aromatic amines is 2. The quantitative estimate of drug-likeness (QED) is 0.231. The van der Waals surface area contributed by atoms with Crippen molar-refractivity contribution in [2.45, 2.75) is 30.6 Å². The van der Waals surface area contributed by atoms with E-state index in [0.717, 1.165) is 36.7 Å². The van der Waals surface area contributed by atoms with E-state index in [1.165, 1.54) is 0 Å². The molecular weight excluding hydrogens is 501 g/mol. The Labute approximate surface area is 224 Å². The molecule has 9 heteroatoms. The molecule has 200 valence electrons. The Bertz CT molecular complexity index is 1400. The lowest BCUT2D eigenvalue weighted by atomic mass is 9.73. The minimum Gasteiger partial charge on any atom is -0.367 e. The van der Waals surface area contributed by atoms with Crippen molar-refractivity contribution < 1.29 is 13.2 Å². The van der Waals surface area contributed by atoms with Crippen LogP contribution in [0.15, 0.2) is 102 Å². The molecule has 2 aromatic carbocycles. The summed E-state index contributed by atoms with van der Waals surface area (Å²) in [6.45, 7) is 1.64. The third kappa shape index (κ3) is 4.63. The van der Waals surface area contributed by atoms with Crippen molar-refractivity contribution in [3.05, 3.63) is 108 Å². The number of guanidine groups is 1. The third-order valence-electron chi connectivity index (χ3n) is 7.44. The van der Waals surface area contributed by atoms with E-state index in [9.17, 15) is 0 Å². The summed E-state index contributed by atoms with van der Waals surface area (Å²) < 4.78 is 45.1. The first-order chi connectivity index (χ1) is 19.0. The summed E-state index contributed by atoms with van der Waals surface area (Å²) in [4.78, 5) is 10.4. The number of piperidine rings is 1. The summed E-state index contributed by atoms with van der Waals surface area (Å²) >= 11 is 0. The lowest BCUT2D eigenvalue weighted by Gasteiger charge is -2.42. The van der Waals surface area contributed by atoms with Gasteiger partial charge in [0, 0.05) is 65.8 Å². The van der Waals surface area contributed by atoms with Crippen molar-refractivity contribution in [3.63, 3.8) is 0 Å². The highest BCUT2D eigenvalue weighted by molar-refractivity contribution is 5.87. The van der Waals surface area contributed by atoms with Gasteiger partial charge in [0.25, 0.3) is 0 Å². The number of H-pyrrole nitrogens is 2. The molecule has 2 aromatic heterocycles. The molecule has 2 aliphatic heterocycles. The fourth-order valence-electron chi connectivity index (χ4n) is 5.66. The van der Waals surface area contributed by atoms with E-state index in [1.54, 1.807) is 24.8 Å². The van der Waals surface area contributed by atoms with Crippen LogP contribution in [0.3, 0.4) is 0 Å². The summed E-state index contributed by atoms with van der Waals surface area (Å²) in [5.74, 6) is 0.303. The van der Waals surface area contributed by atoms with Gasteiger partial charge in [0.1, 0.15) is 5.54 Å². The third-order valence-corrected chi connectivity index (χ3v) is 7.44. The first-order valence-corrected chi connectivity index (χ1v) is 13.0. The number of aromatic nitrogens is 2. The van der Waals surface area contributed by atoms with Crippen LogP contribution >= 0.6 is 0 Å². The Morgan fingerprint density at radius 1 is 0.821 bits per heavy atom. The number of nitrogens with zero attached hydrogens (tertiary/aromatic N) is 1. The van der Waals surface area contributed by atoms with Gasteiger partial charge < -0.3 is 25.9 Å². The average molecular weight is 531 g/mol. The van der Waals surface area contributed by atoms with Crippen molar-refractivity contribution in [3.8, 4) is 22.3 Å². The molecule has 39 heavy (non-hydrogen) atoms. The van der Waals surface area contributed by atoms with Gasteiger partial charge in [-0.2, -0.15) is 13.2 Å². The zero-order chi connectivity index (χ0) is 26.9. The second kappa shape index (κ2) is 10.1. The van der Waals surface area contributed by atoms with Gasteiger partial charge in [0.2, 0.25) is 0 Å². The summed E-state index contributed by atoms with van der Waals surface area (Å²) in [6, 6.07) is 18.9. The van der Waals surface area contributed by atoms with Crippen LogP contribution in [0.5, 0.6) is 0 Å². The van der Waals surface area contributed by atoms with Gasteiger partial charge >= 0.3 is 6.18 Å². The van der Waals surface area contributed by atoms with Crippen LogP contribution < -0.4 is 16.0 Å². The van der Waals surface area contributed by atoms with Gasteiger partial charge in [-0.1, -0.05) is 60.7 Å². The van der Waals surface area contributed by atoms with Crippen LogP contribution in [-0.4, -0.2) is 41.2 Å². The Balaban J connectivity index is 1.59. The van der Waals surface area contributed by atoms with Gasteiger partial charge in [-0.15, -0.1) is 0 Å². The lowest BCUT2D eigenvalue weighted by molar-refractivity contribution is -0.101. The maximum Gasteiger partial charge on any atom is 0.417 e. The zero-order valence-corrected chi connectivity index (χ0v) is 21.1. The second-order valence-corrected chi connectivity index (χ2v) is 9.88.